The zero-order valence-corrected chi connectivity index (χ0v) is 11.2. The van der Waals surface area contributed by atoms with Gasteiger partial charge in [0.25, 0.3) is 11.3 Å². The van der Waals surface area contributed by atoms with Crippen molar-refractivity contribution >= 4 is 34.4 Å². The number of hydrogen-bond acceptors (Lipinski definition) is 2. The quantitative estimate of drug-likeness (QED) is 0.653. The number of hydrogen-bond donors (Lipinski definition) is 4. The standard InChI is InChI=1S/C13H13N3O3S/c17-13(14-10-5-2-1-3-6-10)15-11-7-4-8-12(9-11)16-20(18)19/h1-9,16H,(H,18,19)(H2,14,15,17). The number of carbonyl (C=O) groups excluding carboxylic acids is 1. The second-order valence-electron chi connectivity index (χ2n) is 3.88. The summed E-state index contributed by atoms with van der Waals surface area (Å²) in [5, 5.41) is 5.30. The normalized spacial score (nSPS) is 11.4. The molecule has 0 aliphatic heterocycles. The van der Waals surface area contributed by atoms with Gasteiger partial charge in [0.1, 0.15) is 0 Å². The molecule has 7 heteroatoms. The van der Waals surface area contributed by atoms with Gasteiger partial charge in [0.2, 0.25) is 0 Å². The van der Waals surface area contributed by atoms with Crippen LogP contribution in [0.25, 0.3) is 0 Å². The number of para-hydroxylation sites is 1. The number of carbonyl (C=O) groups is 1. The van der Waals surface area contributed by atoms with Crippen molar-refractivity contribution in [2.24, 2.45) is 0 Å². The van der Waals surface area contributed by atoms with Crippen LogP contribution in [0.4, 0.5) is 21.9 Å². The van der Waals surface area contributed by atoms with E-state index in [1.165, 1.54) is 0 Å². The van der Waals surface area contributed by atoms with Gasteiger partial charge in [-0.2, -0.15) is 0 Å². The van der Waals surface area contributed by atoms with E-state index in [1.807, 2.05) is 18.2 Å². The third-order valence-electron chi connectivity index (χ3n) is 2.36. The molecule has 0 aliphatic rings. The molecule has 104 valence electrons. The second kappa shape index (κ2) is 6.69. The molecule has 2 aromatic rings. The Morgan fingerprint density at radius 1 is 0.900 bits per heavy atom. The number of nitrogens with one attached hydrogen (secondary N) is 3. The van der Waals surface area contributed by atoms with Crippen LogP contribution in [0.15, 0.2) is 54.6 Å². The van der Waals surface area contributed by atoms with E-state index in [4.69, 9.17) is 4.55 Å². The molecule has 1 unspecified atom stereocenters. The van der Waals surface area contributed by atoms with E-state index < -0.39 is 17.3 Å². The highest BCUT2D eigenvalue weighted by atomic mass is 32.2. The average Bonchev–Trinajstić information content (AvgIpc) is 2.39. The number of urea groups is 1. The van der Waals surface area contributed by atoms with Crippen molar-refractivity contribution in [1.29, 1.82) is 0 Å². The molecular formula is C13H13N3O3S. The fourth-order valence-electron chi connectivity index (χ4n) is 1.58. The van der Waals surface area contributed by atoms with Crippen molar-refractivity contribution in [3.63, 3.8) is 0 Å². The molecule has 0 bridgehead atoms. The summed E-state index contributed by atoms with van der Waals surface area (Å²) >= 11 is -2.15. The van der Waals surface area contributed by atoms with Crippen LogP contribution in [0.5, 0.6) is 0 Å². The molecule has 0 aliphatic carbocycles. The fourth-order valence-corrected chi connectivity index (χ4v) is 1.90. The van der Waals surface area contributed by atoms with Crippen LogP contribution in [-0.2, 0) is 11.3 Å². The predicted molar refractivity (Wildman–Crippen MR) is 79.9 cm³/mol. The lowest BCUT2D eigenvalue weighted by molar-refractivity contribution is 0.262. The maximum absolute atomic E-state index is 11.8. The van der Waals surface area contributed by atoms with Gasteiger partial charge in [-0.05, 0) is 30.3 Å². The summed E-state index contributed by atoms with van der Waals surface area (Å²) < 4.78 is 21.7. The monoisotopic (exact) mass is 291 g/mol. The second-order valence-corrected chi connectivity index (χ2v) is 4.58. The summed E-state index contributed by atoms with van der Waals surface area (Å²) in [4.78, 5) is 11.8. The molecule has 2 rings (SSSR count). The summed E-state index contributed by atoms with van der Waals surface area (Å²) in [6, 6.07) is 15.1. The molecular weight excluding hydrogens is 278 g/mol. The summed E-state index contributed by atoms with van der Waals surface area (Å²) in [5.41, 5.74) is 1.62. The molecule has 6 nitrogen and oxygen atoms in total. The van der Waals surface area contributed by atoms with Crippen LogP contribution in [0.3, 0.4) is 0 Å². The number of anilines is 3. The Bertz CT molecular complexity index is 619. The van der Waals surface area contributed by atoms with E-state index in [-0.39, 0.29) is 0 Å². The molecule has 0 aromatic heterocycles. The molecule has 0 saturated carbocycles. The van der Waals surface area contributed by atoms with Gasteiger partial charge < -0.3 is 10.6 Å². The van der Waals surface area contributed by atoms with Gasteiger partial charge in [-0.25, -0.2) is 9.00 Å². The SMILES string of the molecule is O=C(Nc1ccccc1)Nc1cccc(NS(=O)O)c1. The minimum Gasteiger partial charge on any atom is -0.308 e. The van der Waals surface area contributed by atoms with Gasteiger partial charge in [-0.1, -0.05) is 24.3 Å². The molecule has 2 aromatic carbocycles. The molecule has 0 heterocycles. The van der Waals surface area contributed by atoms with Gasteiger partial charge in [-0.15, -0.1) is 0 Å². The van der Waals surface area contributed by atoms with E-state index in [0.29, 0.717) is 17.1 Å². The molecule has 0 fully saturated rings. The molecule has 1 atom stereocenters. The average molecular weight is 291 g/mol. The maximum Gasteiger partial charge on any atom is 0.323 e. The number of amides is 2. The van der Waals surface area contributed by atoms with Crippen molar-refractivity contribution < 1.29 is 13.6 Å². The maximum atomic E-state index is 11.8. The lowest BCUT2D eigenvalue weighted by Crippen LogP contribution is -2.19. The summed E-state index contributed by atoms with van der Waals surface area (Å²) in [6.45, 7) is 0. The van der Waals surface area contributed by atoms with E-state index in [1.54, 1.807) is 36.4 Å². The lowest BCUT2D eigenvalue weighted by atomic mass is 10.3. The van der Waals surface area contributed by atoms with Crippen molar-refractivity contribution in [2.45, 2.75) is 0 Å². The summed E-state index contributed by atoms with van der Waals surface area (Å²) in [5.74, 6) is 0. The molecule has 0 radical (unpaired) electrons. The van der Waals surface area contributed by atoms with E-state index in [9.17, 15) is 9.00 Å². The molecule has 2 amide bonds. The Balaban J connectivity index is 1.99. The first kappa shape index (κ1) is 14.0. The van der Waals surface area contributed by atoms with E-state index in [0.717, 1.165) is 0 Å². The topological polar surface area (TPSA) is 90.5 Å². The van der Waals surface area contributed by atoms with E-state index >= 15 is 0 Å². The fraction of sp³-hybridized carbons (Fsp3) is 0. The first-order valence-electron chi connectivity index (χ1n) is 5.74. The Morgan fingerprint density at radius 3 is 2.20 bits per heavy atom. The minimum absolute atomic E-state index is 0.390. The Morgan fingerprint density at radius 2 is 1.50 bits per heavy atom. The van der Waals surface area contributed by atoms with Gasteiger partial charge in [0, 0.05) is 11.4 Å². The largest absolute Gasteiger partial charge is 0.323 e. The first-order valence-corrected chi connectivity index (χ1v) is 6.85. The first-order chi connectivity index (χ1) is 9.63. The third kappa shape index (κ3) is 4.38. The van der Waals surface area contributed by atoms with Crippen LogP contribution >= 0.6 is 0 Å². The van der Waals surface area contributed by atoms with Gasteiger partial charge in [0.05, 0.1) is 5.69 Å². The highest BCUT2D eigenvalue weighted by molar-refractivity contribution is 7.80. The van der Waals surface area contributed by atoms with Gasteiger partial charge >= 0.3 is 6.03 Å². The molecule has 0 spiro atoms. The minimum atomic E-state index is -2.15. The number of rotatable bonds is 4. The van der Waals surface area contributed by atoms with Crippen LogP contribution in [0, 0.1) is 0 Å². The molecule has 4 N–H and O–H groups in total. The van der Waals surface area contributed by atoms with Crippen LogP contribution in [0.2, 0.25) is 0 Å². The van der Waals surface area contributed by atoms with Crippen molar-refractivity contribution in [3.05, 3.63) is 54.6 Å². The van der Waals surface area contributed by atoms with E-state index in [2.05, 4.69) is 15.4 Å². The van der Waals surface area contributed by atoms with Crippen molar-refractivity contribution in [3.8, 4) is 0 Å². The highest BCUT2D eigenvalue weighted by Gasteiger charge is 2.03. The van der Waals surface area contributed by atoms with Crippen molar-refractivity contribution in [2.75, 3.05) is 15.4 Å². The molecule has 0 saturated heterocycles. The Labute approximate surface area is 118 Å². The smallest absolute Gasteiger partial charge is 0.308 e. The van der Waals surface area contributed by atoms with Crippen molar-refractivity contribution in [1.82, 2.24) is 0 Å². The zero-order chi connectivity index (χ0) is 14.4. The van der Waals surface area contributed by atoms with Crippen LogP contribution < -0.4 is 15.4 Å². The summed E-state index contributed by atoms with van der Waals surface area (Å²) in [6.07, 6.45) is 0. The Kier molecular flexibility index (Phi) is 4.70. The predicted octanol–water partition coefficient (Wildman–Crippen LogP) is 2.88. The third-order valence-corrected chi connectivity index (χ3v) is 2.77. The van der Waals surface area contributed by atoms with Gasteiger partial charge in [0.15, 0.2) is 0 Å². The number of benzene rings is 2. The van der Waals surface area contributed by atoms with Crippen LogP contribution in [0.1, 0.15) is 0 Å². The summed E-state index contributed by atoms with van der Waals surface area (Å²) in [7, 11) is 0. The van der Waals surface area contributed by atoms with Gasteiger partial charge in [-0.3, -0.25) is 9.27 Å². The Hall–Kier alpha value is -2.38. The highest BCUT2D eigenvalue weighted by Crippen LogP contribution is 2.16. The zero-order valence-electron chi connectivity index (χ0n) is 10.4. The van der Waals surface area contributed by atoms with Crippen LogP contribution in [-0.4, -0.2) is 14.8 Å². The molecule has 20 heavy (non-hydrogen) atoms. The lowest BCUT2D eigenvalue weighted by Gasteiger charge is -2.09.